The van der Waals surface area contributed by atoms with Crippen molar-refractivity contribution in [3.63, 3.8) is 0 Å². The Balaban J connectivity index is 1.75. The molecule has 4 atom stereocenters. The molecule has 0 N–H and O–H groups in total. The summed E-state index contributed by atoms with van der Waals surface area (Å²) < 4.78 is 14.9. The van der Waals surface area contributed by atoms with Gasteiger partial charge in [-0.1, -0.05) is 41.1 Å². The summed E-state index contributed by atoms with van der Waals surface area (Å²) >= 11 is 3.41. The number of likely N-dealkylation sites (tertiary alicyclic amines) is 1. The van der Waals surface area contributed by atoms with Gasteiger partial charge in [-0.3, -0.25) is 19.3 Å². The van der Waals surface area contributed by atoms with Gasteiger partial charge in [-0.15, -0.1) is 0 Å². The lowest BCUT2D eigenvalue weighted by atomic mass is 9.77. The summed E-state index contributed by atoms with van der Waals surface area (Å²) in [6.07, 6.45) is 0.134. The van der Waals surface area contributed by atoms with Crippen molar-refractivity contribution in [2.75, 3.05) is 4.90 Å². The normalized spacial score (nSPS) is 28.3. The van der Waals surface area contributed by atoms with E-state index in [9.17, 15) is 23.6 Å². The van der Waals surface area contributed by atoms with Crippen LogP contribution < -0.4 is 4.90 Å². The zero-order valence-electron chi connectivity index (χ0n) is 19.8. The lowest BCUT2D eigenvalue weighted by Gasteiger charge is -2.37. The van der Waals surface area contributed by atoms with E-state index >= 15 is 0 Å². The van der Waals surface area contributed by atoms with Crippen molar-refractivity contribution >= 4 is 45.4 Å². The van der Waals surface area contributed by atoms with E-state index in [1.807, 2.05) is 0 Å². The third-order valence-electron chi connectivity index (χ3n) is 7.37. The highest BCUT2D eigenvalue weighted by Gasteiger charge is 2.77. The molecule has 2 aromatic rings. The molecule has 5 amide bonds. The minimum absolute atomic E-state index is 0.0952. The fourth-order valence-corrected chi connectivity index (χ4v) is 6.31. The van der Waals surface area contributed by atoms with Crippen molar-refractivity contribution in [3.8, 4) is 0 Å². The van der Waals surface area contributed by atoms with E-state index < -0.39 is 52.6 Å². The van der Waals surface area contributed by atoms with E-state index in [1.165, 1.54) is 28.0 Å². The Morgan fingerprint density at radius 2 is 1.66 bits per heavy atom. The minimum atomic E-state index is -1.56. The van der Waals surface area contributed by atoms with E-state index in [0.29, 0.717) is 5.56 Å². The molecular weight excluding hydrogens is 517 g/mol. The molecule has 5 rings (SSSR count). The van der Waals surface area contributed by atoms with Crippen LogP contribution in [-0.2, 0) is 14.4 Å². The van der Waals surface area contributed by atoms with Gasteiger partial charge in [0.25, 0.3) is 5.91 Å². The monoisotopic (exact) mass is 541 g/mol. The molecule has 0 spiro atoms. The van der Waals surface area contributed by atoms with Crippen molar-refractivity contribution in [2.45, 2.75) is 51.2 Å². The molecule has 2 aromatic carbocycles. The minimum Gasteiger partial charge on any atom is -0.300 e. The molecule has 0 radical (unpaired) electrons. The van der Waals surface area contributed by atoms with Gasteiger partial charge >= 0.3 is 6.03 Å². The molecule has 0 saturated carbocycles. The van der Waals surface area contributed by atoms with Gasteiger partial charge < -0.3 is 4.90 Å². The van der Waals surface area contributed by atoms with Crippen molar-refractivity contribution in [1.29, 1.82) is 0 Å². The number of fused-ring (bicyclic) bond motifs is 3. The maximum atomic E-state index is 14.1. The first-order valence-electron chi connectivity index (χ1n) is 11.5. The Morgan fingerprint density at radius 1 is 1.00 bits per heavy atom. The van der Waals surface area contributed by atoms with Gasteiger partial charge in [-0.05, 0) is 63.1 Å². The highest BCUT2D eigenvalue weighted by atomic mass is 79.9. The van der Waals surface area contributed by atoms with Crippen molar-refractivity contribution in [3.05, 3.63) is 64.4 Å². The molecule has 3 saturated heterocycles. The molecule has 35 heavy (non-hydrogen) atoms. The van der Waals surface area contributed by atoms with Gasteiger partial charge in [-0.25, -0.2) is 14.1 Å². The number of urea groups is 1. The number of imide groups is 2. The molecule has 3 unspecified atom stereocenters. The highest BCUT2D eigenvalue weighted by Crippen LogP contribution is 2.60. The second-order valence-electron chi connectivity index (χ2n) is 10.2. The molecule has 7 nitrogen and oxygen atoms in total. The van der Waals surface area contributed by atoms with Crippen LogP contribution in [-0.4, -0.2) is 44.6 Å². The van der Waals surface area contributed by atoms with Crippen LogP contribution in [0.4, 0.5) is 14.9 Å². The summed E-state index contributed by atoms with van der Waals surface area (Å²) in [6.45, 7) is 7.06. The number of carbonyl (C=O) groups excluding carboxylic acids is 4. The fraction of sp³-hybridized carbons (Fsp3) is 0.385. The standard InChI is InChI=1S/C26H25BrFN3O4/c1-5-26-19-18(21(32)31(22(19)33)25(2,3)4)20(14-9-11-15(27)12-10-14)30(26)24(35)29(23(26)34)17-8-6-7-16(28)13-17/h6-13,18-20H,5H2,1-4H3/t18?,19?,20?,26-/m1/s1. The third-order valence-corrected chi connectivity index (χ3v) is 7.90. The average molecular weight is 542 g/mol. The van der Waals surface area contributed by atoms with E-state index in [0.717, 1.165) is 15.4 Å². The van der Waals surface area contributed by atoms with Crippen LogP contribution in [0, 0.1) is 17.7 Å². The molecule has 182 valence electrons. The van der Waals surface area contributed by atoms with Crippen LogP contribution in [0.25, 0.3) is 0 Å². The molecule has 0 bridgehead atoms. The van der Waals surface area contributed by atoms with Gasteiger partial charge in [-0.2, -0.15) is 0 Å². The first kappa shape index (κ1) is 23.7. The van der Waals surface area contributed by atoms with Crippen LogP contribution >= 0.6 is 15.9 Å². The van der Waals surface area contributed by atoms with Crippen LogP contribution in [0.5, 0.6) is 0 Å². The van der Waals surface area contributed by atoms with E-state index in [-0.39, 0.29) is 18.0 Å². The summed E-state index contributed by atoms with van der Waals surface area (Å²) in [7, 11) is 0. The van der Waals surface area contributed by atoms with Gasteiger partial charge in [0.1, 0.15) is 11.4 Å². The first-order chi connectivity index (χ1) is 16.4. The quantitative estimate of drug-likeness (QED) is 0.418. The van der Waals surface area contributed by atoms with Crippen molar-refractivity contribution in [1.82, 2.24) is 9.80 Å². The Bertz CT molecular complexity index is 1270. The Morgan fingerprint density at radius 3 is 2.23 bits per heavy atom. The average Bonchev–Trinajstić information content (AvgIpc) is 3.32. The predicted octanol–water partition coefficient (Wildman–Crippen LogP) is 4.66. The SMILES string of the molecule is CC[C@@]12C(=O)N(c3cccc(F)c3)C(=O)N1C(c1ccc(Br)cc1)C1C(=O)N(C(C)(C)C)C(=O)C12. The fourth-order valence-electron chi connectivity index (χ4n) is 6.05. The maximum absolute atomic E-state index is 14.1. The first-order valence-corrected chi connectivity index (χ1v) is 12.3. The maximum Gasteiger partial charge on any atom is 0.332 e. The number of amides is 5. The lowest BCUT2D eigenvalue weighted by molar-refractivity contribution is -0.149. The zero-order valence-corrected chi connectivity index (χ0v) is 21.4. The van der Waals surface area contributed by atoms with Gasteiger partial charge in [0, 0.05) is 10.0 Å². The van der Waals surface area contributed by atoms with Crippen LogP contribution in [0.3, 0.4) is 0 Å². The molecule has 3 aliphatic heterocycles. The number of nitrogens with zero attached hydrogens (tertiary/aromatic N) is 3. The van der Waals surface area contributed by atoms with Crippen LogP contribution in [0.2, 0.25) is 0 Å². The summed E-state index contributed by atoms with van der Waals surface area (Å²) in [5.74, 6) is -3.98. The second-order valence-corrected chi connectivity index (χ2v) is 11.1. The molecular formula is C26H25BrFN3O4. The molecule has 3 fully saturated rings. The predicted molar refractivity (Wildman–Crippen MR) is 130 cm³/mol. The number of carbonyl (C=O) groups is 4. The van der Waals surface area contributed by atoms with Gasteiger partial charge in [0.2, 0.25) is 11.8 Å². The summed E-state index contributed by atoms with van der Waals surface area (Å²) in [5, 5.41) is 0. The van der Waals surface area contributed by atoms with E-state index in [4.69, 9.17) is 0 Å². The topological polar surface area (TPSA) is 78.0 Å². The van der Waals surface area contributed by atoms with E-state index in [2.05, 4.69) is 15.9 Å². The van der Waals surface area contributed by atoms with Gasteiger partial charge in [0.05, 0.1) is 23.6 Å². The highest BCUT2D eigenvalue weighted by molar-refractivity contribution is 9.10. The molecule has 0 aromatic heterocycles. The van der Waals surface area contributed by atoms with Crippen molar-refractivity contribution in [2.24, 2.45) is 11.8 Å². The summed E-state index contributed by atoms with van der Waals surface area (Å²) in [6, 6.07) is 10.9. The summed E-state index contributed by atoms with van der Waals surface area (Å²) in [4.78, 5) is 59.2. The number of halogens is 2. The Kier molecular flexibility index (Phi) is 5.22. The van der Waals surface area contributed by atoms with Crippen LogP contribution in [0.1, 0.15) is 45.7 Å². The van der Waals surface area contributed by atoms with Gasteiger partial charge in [0.15, 0.2) is 0 Å². The molecule has 0 aliphatic carbocycles. The number of rotatable bonds is 3. The largest absolute Gasteiger partial charge is 0.332 e. The number of hydrogen-bond acceptors (Lipinski definition) is 4. The number of benzene rings is 2. The molecule has 3 heterocycles. The molecule has 3 aliphatic rings. The number of hydrogen-bond donors (Lipinski definition) is 0. The Hall–Kier alpha value is -3.07. The van der Waals surface area contributed by atoms with Crippen molar-refractivity contribution < 1.29 is 23.6 Å². The number of anilines is 1. The Labute approximate surface area is 211 Å². The molecule has 9 heteroatoms. The summed E-state index contributed by atoms with van der Waals surface area (Å²) in [5.41, 5.74) is -1.61. The lowest BCUT2D eigenvalue weighted by Crippen LogP contribution is -2.55. The van der Waals surface area contributed by atoms with E-state index in [1.54, 1.807) is 52.0 Å². The van der Waals surface area contributed by atoms with Crippen LogP contribution in [0.15, 0.2) is 53.0 Å². The zero-order chi connectivity index (χ0) is 25.4. The third kappa shape index (κ3) is 3.06. The second kappa shape index (κ2) is 7.71. The smallest absolute Gasteiger partial charge is 0.300 e.